The second-order valence-corrected chi connectivity index (χ2v) is 31.0. The SMILES string of the molecule is CCO[C@@H]1C[C@H]2C(=O)NC3(CC(C)(C)C3)C(=O)N(C)[C@@H](C3CCCC3)C(=O)N(C)[C@H](C(=O)N(C)C)CC(=O)N(C)[C@@H]([C@@H](C)OC)C(=O)N[C@@H]([C@@H](C)CC)C(=O)N(C)CC(=O)N(C)[C@H]3C/C=C\CCN(C3=O)[C@@H](Cc3ccc(C(F)(F)F)cc3)C(=O)N(C)CC(=O)N[C@@H](CCc3ccc(C(F)(F)F)c(OC)c3)C(=O)N2C1. The monoisotopic (exact) mass is 1560 g/mol. The molecule has 110 heavy (non-hydrogen) atoms. The number of carbonyl (C=O) groups excluding carboxylic acids is 12. The molecule has 2 aromatic rings. The normalized spacial score (nSPS) is 26.5. The first kappa shape index (κ1) is 88.3. The van der Waals surface area contributed by atoms with Gasteiger partial charge in [0.15, 0.2) is 0 Å². The first-order valence-electron chi connectivity index (χ1n) is 37.4. The third kappa shape index (κ3) is 20.8. The van der Waals surface area contributed by atoms with Crippen molar-refractivity contribution in [2.45, 2.75) is 210 Å². The Balaban J connectivity index is 1.37. The largest absolute Gasteiger partial charge is 0.496 e. The Labute approximate surface area is 639 Å². The summed E-state index contributed by atoms with van der Waals surface area (Å²) in [4.78, 5) is 192. The van der Waals surface area contributed by atoms with Gasteiger partial charge in [-0.2, -0.15) is 26.3 Å². The van der Waals surface area contributed by atoms with E-state index in [1.54, 1.807) is 32.9 Å². The van der Waals surface area contributed by atoms with Crippen molar-refractivity contribution in [3.63, 3.8) is 0 Å². The molecule has 11 atom stereocenters. The number of rotatable bonds is 14. The predicted octanol–water partition coefficient (Wildman–Crippen LogP) is 5.09. The molecule has 3 N–H and O–H groups in total. The molecule has 0 radical (unpaired) electrons. The van der Waals surface area contributed by atoms with Crippen molar-refractivity contribution in [3.05, 3.63) is 76.9 Å². The minimum atomic E-state index is -4.83. The van der Waals surface area contributed by atoms with Gasteiger partial charge in [-0.1, -0.05) is 77.3 Å². The number of nitrogens with one attached hydrogen (secondary N) is 3. The molecule has 12 amide bonds. The summed E-state index contributed by atoms with van der Waals surface area (Å²) < 4.78 is 102. The maximum atomic E-state index is 15.8. The van der Waals surface area contributed by atoms with Gasteiger partial charge in [-0.25, -0.2) is 0 Å². The lowest BCUT2D eigenvalue weighted by molar-refractivity contribution is -0.161. The molecule has 27 nitrogen and oxygen atoms in total. The minimum absolute atomic E-state index is 0.0268. The molecule has 4 fully saturated rings. The zero-order chi connectivity index (χ0) is 82.0. The topological polar surface area (TPSA) is 298 Å². The minimum Gasteiger partial charge on any atom is -0.496 e. The summed E-state index contributed by atoms with van der Waals surface area (Å²) in [5.41, 5.74) is -4.09. The number of methoxy groups -OCH3 is 2. The quantitative estimate of drug-likeness (QED) is 0.164. The molecule has 2 aromatic carbocycles. The number of alkyl halides is 6. The first-order chi connectivity index (χ1) is 51.5. The van der Waals surface area contributed by atoms with Crippen LogP contribution in [0.15, 0.2) is 54.6 Å². The summed E-state index contributed by atoms with van der Waals surface area (Å²) in [7, 11) is 13.1. The number of halogens is 6. The number of carbonyl (C=O) groups is 12. The third-order valence-electron chi connectivity index (χ3n) is 22.3. The van der Waals surface area contributed by atoms with Crippen LogP contribution in [0, 0.1) is 17.3 Å². The van der Waals surface area contributed by atoms with E-state index in [1.165, 1.54) is 91.2 Å². The van der Waals surface area contributed by atoms with Crippen molar-refractivity contribution in [3.8, 4) is 5.75 Å². The molecule has 0 unspecified atom stereocenters. The number of aryl methyl sites for hydroxylation is 1. The fourth-order valence-electron chi connectivity index (χ4n) is 16.0. The zero-order valence-electron chi connectivity index (χ0n) is 66.0. The highest BCUT2D eigenvalue weighted by molar-refractivity contribution is 6.01. The van der Waals surface area contributed by atoms with E-state index in [9.17, 15) is 55.1 Å². The van der Waals surface area contributed by atoms with Crippen LogP contribution in [0.25, 0.3) is 0 Å². The van der Waals surface area contributed by atoms with Gasteiger partial charge in [0.05, 0.1) is 50.0 Å². The van der Waals surface area contributed by atoms with E-state index >= 15 is 28.8 Å². The molecule has 610 valence electrons. The number of hydrogen-bond donors (Lipinski definition) is 3. The molecule has 5 aliphatic rings. The van der Waals surface area contributed by atoms with E-state index in [0.717, 1.165) is 72.9 Å². The molecule has 2 saturated heterocycles. The number of nitrogens with zero attached hydrogens (tertiary/aromatic N) is 9. The number of hydrogen-bond acceptors (Lipinski definition) is 15. The van der Waals surface area contributed by atoms with Gasteiger partial charge in [0.2, 0.25) is 70.9 Å². The van der Waals surface area contributed by atoms with Gasteiger partial charge in [0.1, 0.15) is 59.6 Å². The van der Waals surface area contributed by atoms with Crippen LogP contribution in [0.4, 0.5) is 26.3 Å². The van der Waals surface area contributed by atoms with E-state index in [1.807, 2.05) is 13.8 Å². The molecule has 2 aliphatic carbocycles. The first-order valence-corrected chi connectivity index (χ1v) is 37.4. The van der Waals surface area contributed by atoms with Crippen LogP contribution in [0.3, 0.4) is 0 Å². The van der Waals surface area contributed by atoms with Gasteiger partial charge in [-0.3, -0.25) is 57.5 Å². The van der Waals surface area contributed by atoms with Gasteiger partial charge in [-0.05, 0) is 118 Å². The Morgan fingerprint density at radius 2 is 1.32 bits per heavy atom. The summed E-state index contributed by atoms with van der Waals surface area (Å²) >= 11 is 0. The van der Waals surface area contributed by atoms with Crippen molar-refractivity contribution in [1.29, 1.82) is 0 Å². The summed E-state index contributed by atoms with van der Waals surface area (Å²) in [6.07, 6.45) is -7.41. The molecule has 1 spiro atoms. The fourth-order valence-corrected chi connectivity index (χ4v) is 16.0. The molecule has 33 heteroatoms. The standard InChI is InChI=1S/C77H110F6N12O15/c1-17-45(3)62-71(105)89(10)42-61(98)90(11)54-26-20-19-23-35-94(70(54)104)57(36-47-27-31-50(32-28-47)76(78,79)80)69(103)88(9)41-59(96)84-53(34-30-48-29-33-52(77(81,82)83)58(37-48)109-16)67(101)95-40-51(110-18-2)38-55(95)65(99)86-75(43-74(5,6)44-75)73(107)93(14)64(49-24-21-22-25-49)72(106)91(12)56(68(102)87(7)8)39-60(97)92(13)63(46(4)108-15)66(100)85-62/h19-20,27-29,31-33,37,45-46,49,51,53-57,62-64H,17-18,21-26,30,34-36,38-44H2,1-16H3,(H,84,96)(H,85,100)(H,86,99)/b20-19-/t45-,46+,51+,53-,54-,55-,56-,57-,62-,63-,64-/m0/s1. The molecular weight excluding hydrogens is 1450 g/mol. The maximum absolute atomic E-state index is 15.8. The van der Waals surface area contributed by atoms with Crippen molar-refractivity contribution < 1.29 is 98.1 Å². The second kappa shape index (κ2) is 37.0. The highest BCUT2D eigenvalue weighted by Crippen LogP contribution is 2.50. The van der Waals surface area contributed by atoms with Gasteiger partial charge in [0.25, 0.3) is 0 Å². The van der Waals surface area contributed by atoms with E-state index in [2.05, 4.69) is 16.0 Å². The average Bonchev–Trinajstić information content (AvgIpc) is 0.921. The Morgan fingerprint density at radius 3 is 1.89 bits per heavy atom. The summed E-state index contributed by atoms with van der Waals surface area (Å²) in [6.45, 7) is 8.46. The van der Waals surface area contributed by atoms with Crippen LogP contribution in [0.1, 0.15) is 141 Å². The lowest BCUT2D eigenvalue weighted by Gasteiger charge is -2.54. The summed E-state index contributed by atoms with van der Waals surface area (Å²) in [6, 6.07) is -4.87. The van der Waals surface area contributed by atoms with Crippen LogP contribution < -0.4 is 20.7 Å². The van der Waals surface area contributed by atoms with Crippen molar-refractivity contribution in [2.24, 2.45) is 17.3 Å². The lowest BCUT2D eigenvalue weighted by atomic mass is 9.58. The molecular formula is C77H110F6N12O15. The molecule has 3 aliphatic heterocycles. The molecule has 7 rings (SSSR count). The average molecular weight is 1560 g/mol. The van der Waals surface area contributed by atoms with Crippen LogP contribution in [0.5, 0.6) is 5.75 Å². The van der Waals surface area contributed by atoms with Gasteiger partial charge < -0.3 is 74.3 Å². The highest BCUT2D eigenvalue weighted by Gasteiger charge is 2.59. The number of likely N-dealkylation sites (N-methyl/N-ethyl adjacent to an activating group) is 7. The van der Waals surface area contributed by atoms with Gasteiger partial charge >= 0.3 is 12.4 Å². The Morgan fingerprint density at radius 1 is 0.691 bits per heavy atom. The molecule has 0 aromatic heterocycles. The number of fused-ring (bicyclic) bond motifs is 3. The zero-order valence-corrected chi connectivity index (χ0v) is 66.0. The van der Waals surface area contributed by atoms with Gasteiger partial charge in [-0.15, -0.1) is 0 Å². The Kier molecular flexibility index (Phi) is 29.7. The van der Waals surface area contributed by atoms with E-state index in [4.69, 9.17) is 14.2 Å². The van der Waals surface area contributed by atoms with E-state index in [0.29, 0.717) is 32.1 Å². The fraction of sp³-hybridized carbons (Fsp3) is 0.662. The predicted molar refractivity (Wildman–Crippen MR) is 391 cm³/mol. The van der Waals surface area contributed by atoms with Crippen molar-refractivity contribution in [2.75, 3.05) is 103 Å². The maximum Gasteiger partial charge on any atom is 0.419 e. The summed E-state index contributed by atoms with van der Waals surface area (Å²) in [5, 5.41) is 8.49. The van der Waals surface area contributed by atoms with Crippen LogP contribution in [0.2, 0.25) is 0 Å². The number of ether oxygens (including phenoxy) is 3. The molecule has 2 bridgehead atoms. The van der Waals surface area contributed by atoms with E-state index in [-0.39, 0.29) is 75.8 Å². The second-order valence-electron chi connectivity index (χ2n) is 31.0. The highest BCUT2D eigenvalue weighted by atomic mass is 19.4. The van der Waals surface area contributed by atoms with Crippen molar-refractivity contribution in [1.82, 2.24) is 60.0 Å². The number of benzene rings is 2. The van der Waals surface area contributed by atoms with Gasteiger partial charge in [0, 0.05) is 96.0 Å². The van der Waals surface area contributed by atoms with Crippen molar-refractivity contribution >= 4 is 70.9 Å². The smallest absolute Gasteiger partial charge is 0.419 e. The van der Waals surface area contributed by atoms with Crippen LogP contribution in [-0.4, -0.2) is 284 Å². The molecule has 2 saturated carbocycles. The van der Waals surface area contributed by atoms with Crippen LogP contribution in [-0.2, 0) is 92.2 Å². The number of amides is 12. The van der Waals surface area contributed by atoms with Crippen LogP contribution >= 0.6 is 0 Å². The lowest BCUT2D eigenvalue weighted by Crippen LogP contribution is -2.71. The Hall–Kier alpha value is -8.88. The molecule has 3 heterocycles. The Bertz CT molecular complexity index is 3710. The third-order valence-corrected chi connectivity index (χ3v) is 22.3. The summed E-state index contributed by atoms with van der Waals surface area (Å²) in [5.74, 6) is -11.5. The van der Waals surface area contributed by atoms with E-state index < -0.39 is 209 Å².